The first-order valence-corrected chi connectivity index (χ1v) is 8.84. The Labute approximate surface area is 143 Å². The predicted octanol–water partition coefficient (Wildman–Crippen LogP) is 4.17. The van der Waals surface area contributed by atoms with E-state index in [1.807, 2.05) is 38.1 Å². The van der Waals surface area contributed by atoms with E-state index in [4.69, 9.17) is 4.74 Å². The fourth-order valence-electron chi connectivity index (χ4n) is 3.69. The summed E-state index contributed by atoms with van der Waals surface area (Å²) in [6.07, 6.45) is 3.47. The van der Waals surface area contributed by atoms with Crippen molar-refractivity contribution in [3.05, 3.63) is 35.4 Å². The van der Waals surface area contributed by atoms with Crippen LogP contribution in [-0.4, -0.2) is 29.1 Å². The number of cyclic esters (lactones) is 1. The SMILES string of the molecule is Cc1ccc(C2OC(=O)N(C(=O)NC3CCCCC3C)C2C)cc1. The molecule has 1 heterocycles. The number of carbonyl (C=O) groups is 2. The van der Waals surface area contributed by atoms with Crippen molar-refractivity contribution in [1.29, 1.82) is 0 Å². The molecule has 24 heavy (non-hydrogen) atoms. The van der Waals surface area contributed by atoms with Crippen LogP contribution in [0.25, 0.3) is 0 Å². The molecule has 0 spiro atoms. The molecule has 4 unspecified atom stereocenters. The van der Waals surface area contributed by atoms with E-state index in [-0.39, 0.29) is 18.1 Å². The minimum absolute atomic E-state index is 0.143. The number of hydrogen-bond donors (Lipinski definition) is 1. The maximum Gasteiger partial charge on any atom is 0.419 e. The molecular weight excluding hydrogens is 304 g/mol. The molecule has 0 radical (unpaired) electrons. The van der Waals surface area contributed by atoms with Crippen molar-refractivity contribution >= 4 is 12.1 Å². The van der Waals surface area contributed by atoms with Gasteiger partial charge in [-0.15, -0.1) is 0 Å². The maximum absolute atomic E-state index is 12.6. The Hall–Kier alpha value is -2.04. The van der Waals surface area contributed by atoms with Gasteiger partial charge in [-0.25, -0.2) is 14.5 Å². The summed E-state index contributed by atoms with van der Waals surface area (Å²) in [6.45, 7) is 6.03. The first-order valence-electron chi connectivity index (χ1n) is 8.84. The molecular formula is C19H26N2O3. The third-order valence-electron chi connectivity index (χ3n) is 5.31. The van der Waals surface area contributed by atoms with E-state index in [2.05, 4.69) is 12.2 Å². The maximum atomic E-state index is 12.6. The Morgan fingerprint density at radius 3 is 2.50 bits per heavy atom. The Bertz CT molecular complexity index is 614. The number of imide groups is 1. The molecule has 3 amide bonds. The summed E-state index contributed by atoms with van der Waals surface area (Å²) in [5.41, 5.74) is 2.07. The quantitative estimate of drug-likeness (QED) is 0.885. The van der Waals surface area contributed by atoms with Gasteiger partial charge in [0, 0.05) is 6.04 Å². The van der Waals surface area contributed by atoms with E-state index in [1.165, 1.54) is 11.3 Å². The summed E-state index contributed by atoms with van der Waals surface area (Å²) in [5.74, 6) is 0.449. The van der Waals surface area contributed by atoms with Crippen molar-refractivity contribution in [3.63, 3.8) is 0 Å². The number of aryl methyl sites for hydroxylation is 1. The number of nitrogens with zero attached hydrogens (tertiary/aromatic N) is 1. The van der Waals surface area contributed by atoms with Crippen LogP contribution in [0.15, 0.2) is 24.3 Å². The first-order chi connectivity index (χ1) is 11.5. The molecule has 130 valence electrons. The van der Waals surface area contributed by atoms with Gasteiger partial charge < -0.3 is 10.1 Å². The highest BCUT2D eigenvalue weighted by molar-refractivity contribution is 5.93. The topological polar surface area (TPSA) is 58.6 Å². The summed E-state index contributed by atoms with van der Waals surface area (Å²) in [5, 5.41) is 3.04. The minimum atomic E-state index is -0.561. The zero-order valence-corrected chi connectivity index (χ0v) is 14.6. The second kappa shape index (κ2) is 6.83. The third kappa shape index (κ3) is 3.25. The molecule has 1 saturated carbocycles. The normalized spacial score (nSPS) is 30.1. The molecule has 1 saturated heterocycles. The van der Waals surface area contributed by atoms with Crippen molar-refractivity contribution in [2.75, 3.05) is 0 Å². The molecule has 2 fully saturated rings. The van der Waals surface area contributed by atoms with Gasteiger partial charge in [-0.1, -0.05) is 49.6 Å². The molecule has 0 aromatic heterocycles. The standard InChI is InChI=1S/C19H26N2O3/c1-12-8-10-15(11-9-12)17-14(3)21(19(23)24-17)18(22)20-16-7-5-4-6-13(16)2/h8-11,13-14,16-17H,4-7H2,1-3H3,(H,20,22). The fourth-order valence-corrected chi connectivity index (χ4v) is 3.69. The van der Waals surface area contributed by atoms with Crippen LogP contribution in [0.4, 0.5) is 9.59 Å². The Kier molecular flexibility index (Phi) is 4.78. The van der Waals surface area contributed by atoms with Crippen LogP contribution in [0.1, 0.15) is 56.8 Å². The van der Waals surface area contributed by atoms with Gasteiger partial charge >= 0.3 is 12.1 Å². The Morgan fingerprint density at radius 2 is 1.83 bits per heavy atom. The second-order valence-corrected chi connectivity index (χ2v) is 7.14. The molecule has 2 aliphatic rings. The highest BCUT2D eigenvalue weighted by Gasteiger charge is 2.44. The van der Waals surface area contributed by atoms with Gasteiger partial charge in [-0.05, 0) is 38.2 Å². The largest absolute Gasteiger partial charge is 0.439 e. The molecule has 0 bridgehead atoms. The lowest BCUT2D eigenvalue weighted by Crippen LogP contribution is -2.50. The van der Waals surface area contributed by atoms with Gasteiger partial charge in [0.2, 0.25) is 0 Å². The van der Waals surface area contributed by atoms with Gasteiger partial charge in [0.05, 0.1) is 6.04 Å². The van der Waals surface area contributed by atoms with Crippen LogP contribution in [-0.2, 0) is 4.74 Å². The van der Waals surface area contributed by atoms with Gasteiger partial charge in [-0.3, -0.25) is 0 Å². The minimum Gasteiger partial charge on any atom is -0.439 e. The zero-order valence-electron chi connectivity index (χ0n) is 14.6. The average Bonchev–Trinajstić information content (AvgIpc) is 2.85. The number of urea groups is 1. The highest BCUT2D eigenvalue weighted by atomic mass is 16.6. The smallest absolute Gasteiger partial charge is 0.419 e. The Balaban J connectivity index is 1.70. The molecule has 1 aliphatic carbocycles. The van der Waals surface area contributed by atoms with Crippen LogP contribution in [0.2, 0.25) is 0 Å². The lowest BCUT2D eigenvalue weighted by Gasteiger charge is -2.31. The van der Waals surface area contributed by atoms with Gasteiger partial charge in [0.15, 0.2) is 0 Å². The molecule has 1 aromatic rings. The monoisotopic (exact) mass is 330 g/mol. The van der Waals surface area contributed by atoms with Crippen LogP contribution in [0.5, 0.6) is 0 Å². The van der Waals surface area contributed by atoms with Gasteiger partial charge in [-0.2, -0.15) is 0 Å². The first kappa shape index (κ1) is 16.8. The van der Waals surface area contributed by atoms with E-state index in [0.29, 0.717) is 5.92 Å². The number of carbonyl (C=O) groups excluding carboxylic acids is 2. The number of benzene rings is 1. The van der Waals surface area contributed by atoms with Crippen LogP contribution in [0, 0.1) is 12.8 Å². The molecule has 4 atom stereocenters. The summed E-state index contributed by atoms with van der Waals surface area (Å²) >= 11 is 0. The van der Waals surface area contributed by atoms with E-state index in [1.54, 1.807) is 0 Å². The second-order valence-electron chi connectivity index (χ2n) is 7.14. The lowest BCUT2D eigenvalue weighted by molar-refractivity contribution is 0.131. The summed E-state index contributed by atoms with van der Waals surface area (Å²) in [7, 11) is 0. The van der Waals surface area contributed by atoms with Crippen molar-refractivity contribution in [2.24, 2.45) is 5.92 Å². The van der Waals surface area contributed by atoms with E-state index < -0.39 is 12.2 Å². The summed E-state index contributed by atoms with van der Waals surface area (Å²) < 4.78 is 5.48. The molecule has 1 N–H and O–H groups in total. The number of ether oxygens (including phenoxy) is 1. The van der Waals surface area contributed by atoms with E-state index in [9.17, 15) is 9.59 Å². The van der Waals surface area contributed by atoms with Crippen molar-refractivity contribution in [3.8, 4) is 0 Å². The van der Waals surface area contributed by atoms with Crippen molar-refractivity contribution in [1.82, 2.24) is 10.2 Å². The van der Waals surface area contributed by atoms with Crippen molar-refractivity contribution < 1.29 is 14.3 Å². The molecule has 1 aliphatic heterocycles. The highest BCUT2D eigenvalue weighted by Crippen LogP contribution is 2.33. The molecule has 5 nitrogen and oxygen atoms in total. The van der Waals surface area contributed by atoms with Gasteiger partial charge in [0.1, 0.15) is 6.10 Å². The molecule has 1 aromatic carbocycles. The lowest BCUT2D eigenvalue weighted by atomic mass is 9.86. The number of rotatable bonds is 2. The number of amides is 3. The van der Waals surface area contributed by atoms with Crippen LogP contribution < -0.4 is 5.32 Å². The zero-order chi connectivity index (χ0) is 17.3. The average molecular weight is 330 g/mol. The number of hydrogen-bond acceptors (Lipinski definition) is 3. The number of nitrogens with one attached hydrogen (secondary N) is 1. The van der Waals surface area contributed by atoms with Crippen LogP contribution in [0.3, 0.4) is 0 Å². The van der Waals surface area contributed by atoms with Crippen molar-refractivity contribution in [2.45, 2.75) is 64.6 Å². The molecule has 5 heteroatoms. The molecule has 3 rings (SSSR count). The van der Waals surface area contributed by atoms with Gasteiger partial charge in [0.25, 0.3) is 0 Å². The van der Waals surface area contributed by atoms with E-state index in [0.717, 1.165) is 30.4 Å². The van der Waals surface area contributed by atoms with E-state index >= 15 is 0 Å². The third-order valence-corrected chi connectivity index (χ3v) is 5.31. The Morgan fingerprint density at radius 1 is 1.17 bits per heavy atom. The summed E-state index contributed by atoms with van der Waals surface area (Å²) in [4.78, 5) is 26.1. The fraction of sp³-hybridized carbons (Fsp3) is 0.579. The predicted molar refractivity (Wildman–Crippen MR) is 91.7 cm³/mol. The summed E-state index contributed by atoms with van der Waals surface area (Å²) in [6, 6.07) is 7.37. The van der Waals surface area contributed by atoms with Crippen LogP contribution >= 0.6 is 0 Å².